The van der Waals surface area contributed by atoms with E-state index in [4.69, 9.17) is 20.5 Å². The lowest BCUT2D eigenvalue weighted by atomic mass is 9.95. The van der Waals surface area contributed by atoms with Crippen LogP contribution >= 0.6 is 0 Å². The van der Waals surface area contributed by atoms with Crippen molar-refractivity contribution in [2.75, 3.05) is 14.2 Å². The topological polar surface area (TPSA) is 68.3 Å². The van der Waals surface area contributed by atoms with Gasteiger partial charge in [-0.25, -0.2) is 0 Å². The molecule has 1 rings (SSSR count). The largest absolute Gasteiger partial charge is 0.497 e. The highest BCUT2D eigenvalue weighted by atomic mass is 16.5. The van der Waals surface area contributed by atoms with Gasteiger partial charge in [0.15, 0.2) is 0 Å². The highest BCUT2D eigenvalue weighted by molar-refractivity contribution is 5.41. The van der Waals surface area contributed by atoms with Crippen molar-refractivity contribution in [1.29, 1.82) is 5.26 Å². The summed E-state index contributed by atoms with van der Waals surface area (Å²) in [6, 6.07) is 7.51. The molecule has 0 saturated heterocycles. The van der Waals surface area contributed by atoms with Gasteiger partial charge in [-0.3, -0.25) is 0 Å². The number of nitrogens with zero attached hydrogens (tertiary/aromatic N) is 1. The van der Waals surface area contributed by atoms with Crippen molar-refractivity contribution in [3.8, 4) is 17.6 Å². The number of hydrogen-bond donors (Lipinski definition) is 1. The third-order valence-electron chi connectivity index (χ3n) is 2.30. The zero-order valence-electron chi connectivity index (χ0n) is 9.78. The molecule has 0 bridgehead atoms. The van der Waals surface area contributed by atoms with Crippen LogP contribution in [0.15, 0.2) is 18.2 Å². The van der Waals surface area contributed by atoms with Crippen LogP contribution in [0.4, 0.5) is 0 Å². The second-order valence-electron chi connectivity index (χ2n) is 3.88. The van der Waals surface area contributed by atoms with E-state index < -0.39 is 5.54 Å². The monoisotopic (exact) mass is 220 g/mol. The van der Waals surface area contributed by atoms with Gasteiger partial charge in [0, 0.05) is 12.0 Å². The van der Waals surface area contributed by atoms with Crippen LogP contribution < -0.4 is 15.2 Å². The third-order valence-corrected chi connectivity index (χ3v) is 2.30. The molecule has 4 heteroatoms. The zero-order chi connectivity index (χ0) is 12.2. The molecule has 4 nitrogen and oxygen atoms in total. The minimum Gasteiger partial charge on any atom is -0.497 e. The van der Waals surface area contributed by atoms with Crippen molar-refractivity contribution in [3.63, 3.8) is 0 Å². The molecule has 0 radical (unpaired) electrons. The van der Waals surface area contributed by atoms with E-state index >= 15 is 0 Å². The van der Waals surface area contributed by atoms with E-state index in [1.807, 2.05) is 18.2 Å². The normalized spacial score (nSPS) is 13.7. The standard InChI is InChI=1S/C12H16N2O2/c1-12(14,8-13)7-9-6-10(15-2)4-5-11(9)16-3/h4-6H,7,14H2,1-3H3. The highest BCUT2D eigenvalue weighted by Gasteiger charge is 2.20. The minimum absolute atomic E-state index is 0.421. The fourth-order valence-electron chi connectivity index (χ4n) is 1.46. The number of nitriles is 1. The molecule has 0 aliphatic carbocycles. The van der Waals surface area contributed by atoms with E-state index in [0.29, 0.717) is 12.2 Å². The molecule has 0 saturated carbocycles. The Bertz CT molecular complexity index is 408. The summed E-state index contributed by atoms with van der Waals surface area (Å²) in [5.41, 5.74) is 5.77. The molecule has 1 atom stereocenters. The van der Waals surface area contributed by atoms with Crippen LogP contribution in [0.3, 0.4) is 0 Å². The lowest BCUT2D eigenvalue weighted by Gasteiger charge is -2.17. The summed E-state index contributed by atoms with van der Waals surface area (Å²) in [6.45, 7) is 1.69. The van der Waals surface area contributed by atoms with Crippen LogP contribution in [-0.4, -0.2) is 19.8 Å². The minimum atomic E-state index is -0.903. The van der Waals surface area contributed by atoms with Crippen molar-refractivity contribution < 1.29 is 9.47 Å². The van der Waals surface area contributed by atoms with E-state index in [1.165, 1.54) is 0 Å². The molecule has 1 aromatic carbocycles. The fourth-order valence-corrected chi connectivity index (χ4v) is 1.46. The first-order valence-corrected chi connectivity index (χ1v) is 4.93. The van der Waals surface area contributed by atoms with Crippen LogP contribution in [0.1, 0.15) is 12.5 Å². The van der Waals surface area contributed by atoms with E-state index in [0.717, 1.165) is 11.3 Å². The Kier molecular flexibility index (Phi) is 3.75. The number of nitrogens with two attached hydrogens (primary N) is 1. The molecule has 0 aromatic heterocycles. The maximum absolute atomic E-state index is 8.90. The molecule has 2 N–H and O–H groups in total. The first kappa shape index (κ1) is 12.3. The van der Waals surface area contributed by atoms with Gasteiger partial charge in [0.05, 0.1) is 20.3 Å². The molecule has 0 aliphatic rings. The van der Waals surface area contributed by atoms with Crippen LogP contribution in [-0.2, 0) is 6.42 Å². The SMILES string of the molecule is COc1ccc(OC)c(CC(C)(N)C#N)c1. The van der Waals surface area contributed by atoms with Gasteiger partial charge in [0.2, 0.25) is 0 Å². The Labute approximate surface area is 95.6 Å². The van der Waals surface area contributed by atoms with Gasteiger partial charge in [-0.15, -0.1) is 0 Å². The lowest BCUT2D eigenvalue weighted by Crippen LogP contribution is -2.36. The molecule has 0 spiro atoms. The van der Waals surface area contributed by atoms with Crippen molar-refractivity contribution in [2.45, 2.75) is 18.9 Å². The van der Waals surface area contributed by atoms with E-state index in [-0.39, 0.29) is 0 Å². The Morgan fingerprint density at radius 2 is 2.06 bits per heavy atom. The molecule has 1 aromatic rings. The summed E-state index contributed by atoms with van der Waals surface area (Å²) in [5, 5.41) is 8.90. The van der Waals surface area contributed by atoms with Gasteiger partial charge in [0.1, 0.15) is 17.0 Å². The molecule has 0 fully saturated rings. The summed E-state index contributed by atoms with van der Waals surface area (Å²) in [4.78, 5) is 0. The second-order valence-corrected chi connectivity index (χ2v) is 3.88. The van der Waals surface area contributed by atoms with Crippen molar-refractivity contribution in [3.05, 3.63) is 23.8 Å². The number of hydrogen-bond acceptors (Lipinski definition) is 4. The average molecular weight is 220 g/mol. The molecule has 1 unspecified atom stereocenters. The predicted octanol–water partition coefficient (Wildman–Crippen LogP) is 1.49. The van der Waals surface area contributed by atoms with Crippen molar-refractivity contribution in [1.82, 2.24) is 0 Å². The molecule has 16 heavy (non-hydrogen) atoms. The molecule has 86 valence electrons. The smallest absolute Gasteiger partial charge is 0.122 e. The van der Waals surface area contributed by atoms with Gasteiger partial charge in [-0.05, 0) is 25.1 Å². The number of rotatable bonds is 4. The summed E-state index contributed by atoms with van der Waals surface area (Å²) < 4.78 is 10.3. The van der Waals surface area contributed by atoms with Gasteiger partial charge < -0.3 is 15.2 Å². The molecule has 0 amide bonds. The van der Waals surface area contributed by atoms with Gasteiger partial charge in [0.25, 0.3) is 0 Å². The van der Waals surface area contributed by atoms with E-state index in [1.54, 1.807) is 21.1 Å². The second kappa shape index (κ2) is 4.86. The summed E-state index contributed by atoms with van der Waals surface area (Å²) >= 11 is 0. The zero-order valence-corrected chi connectivity index (χ0v) is 9.78. The quantitative estimate of drug-likeness (QED) is 0.834. The Hall–Kier alpha value is -1.73. The number of ether oxygens (including phenoxy) is 2. The van der Waals surface area contributed by atoms with Gasteiger partial charge in [-0.1, -0.05) is 0 Å². The predicted molar refractivity (Wildman–Crippen MR) is 61.5 cm³/mol. The van der Waals surface area contributed by atoms with Crippen molar-refractivity contribution >= 4 is 0 Å². The molecule has 0 aliphatic heterocycles. The number of benzene rings is 1. The Morgan fingerprint density at radius 3 is 2.56 bits per heavy atom. The van der Waals surface area contributed by atoms with E-state index in [2.05, 4.69) is 6.07 Å². The summed E-state index contributed by atoms with van der Waals surface area (Å²) in [6.07, 6.45) is 0.421. The summed E-state index contributed by atoms with van der Waals surface area (Å²) in [7, 11) is 3.18. The Morgan fingerprint density at radius 1 is 1.38 bits per heavy atom. The van der Waals surface area contributed by atoms with Crippen molar-refractivity contribution in [2.24, 2.45) is 5.73 Å². The molecule has 0 heterocycles. The van der Waals surface area contributed by atoms with Crippen LogP contribution in [0.5, 0.6) is 11.5 Å². The maximum Gasteiger partial charge on any atom is 0.122 e. The van der Waals surface area contributed by atoms with Gasteiger partial charge >= 0.3 is 0 Å². The highest BCUT2D eigenvalue weighted by Crippen LogP contribution is 2.26. The molecular formula is C12H16N2O2. The lowest BCUT2D eigenvalue weighted by molar-refractivity contribution is 0.395. The van der Waals surface area contributed by atoms with Crippen LogP contribution in [0.2, 0.25) is 0 Å². The van der Waals surface area contributed by atoms with Crippen LogP contribution in [0, 0.1) is 11.3 Å². The maximum atomic E-state index is 8.90. The fraction of sp³-hybridized carbons (Fsp3) is 0.417. The first-order chi connectivity index (χ1) is 7.52. The Balaban J connectivity index is 3.06. The number of methoxy groups -OCH3 is 2. The summed E-state index contributed by atoms with van der Waals surface area (Å²) in [5.74, 6) is 1.44. The molecular weight excluding hydrogens is 204 g/mol. The average Bonchev–Trinajstić information content (AvgIpc) is 2.28. The van der Waals surface area contributed by atoms with Crippen LogP contribution in [0.25, 0.3) is 0 Å². The van der Waals surface area contributed by atoms with E-state index in [9.17, 15) is 0 Å². The third kappa shape index (κ3) is 2.88. The first-order valence-electron chi connectivity index (χ1n) is 4.93. The van der Waals surface area contributed by atoms with Gasteiger partial charge in [-0.2, -0.15) is 5.26 Å².